The minimum atomic E-state index is 0.222. The third kappa shape index (κ3) is 2.83. The number of aromatic nitrogens is 1. The van der Waals surface area contributed by atoms with Gasteiger partial charge in [0, 0.05) is 0 Å². The van der Waals surface area contributed by atoms with Crippen molar-refractivity contribution in [2.45, 2.75) is 26.2 Å². The van der Waals surface area contributed by atoms with Gasteiger partial charge in [0.2, 0.25) is 0 Å². The molecule has 2 aromatic rings. The van der Waals surface area contributed by atoms with E-state index in [0.717, 1.165) is 30.7 Å². The minimum absolute atomic E-state index is 0.222. The second-order valence-electron chi connectivity index (χ2n) is 4.18. The van der Waals surface area contributed by atoms with Gasteiger partial charge in [0.15, 0.2) is 0 Å². The van der Waals surface area contributed by atoms with E-state index in [1.54, 1.807) is 13.4 Å². The summed E-state index contributed by atoms with van der Waals surface area (Å²) in [7, 11) is 1.69. The number of oxazole rings is 1. The molecule has 0 radical (unpaired) electrons. The number of methoxy groups -OCH3 is 1. The Bertz CT molecular complexity index is 520. The molecule has 1 aromatic heterocycles. The number of hydrogen-bond donors (Lipinski definition) is 1. The highest BCUT2D eigenvalue weighted by atomic mass is 16.5. The van der Waals surface area contributed by atoms with E-state index in [9.17, 15) is 0 Å². The van der Waals surface area contributed by atoms with Crippen LogP contribution in [-0.4, -0.2) is 12.1 Å². The lowest BCUT2D eigenvalue weighted by atomic mass is 10.0. The van der Waals surface area contributed by atoms with Gasteiger partial charge in [-0.05, 0) is 36.5 Å². The molecule has 18 heavy (non-hydrogen) atoms. The zero-order chi connectivity index (χ0) is 13.0. The number of aryl methyl sites for hydroxylation is 3. The number of nitrogens with zero attached hydrogens (tertiary/aromatic N) is 1. The Hall–Kier alpha value is -1.97. The molecule has 2 N–H and O–H groups in total. The van der Waals surface area contributed by atoms with Gasteiger partial charge in [-0.15, -0.1) is 0 Å². The first kappa shape index (κ1) is 12.5. The Morgan fingerprint density at radius 1 is 1.33 bits per heavy atom. The Morgan fingerprint density at radius 2 is 2.17 bits per heavy atom. The average molecular weight is 246 g/mol. The highest BCUT2D eigenvalue weighted by Gasteiger charge is 2.06. The number of nitrogen functional groups attached to an aromatic ring is 1. The van der Waals surface area contributed by atoms with Gasteiger partial charge in [0.05, 0.1) is 12.8 Å². The van der Waals surface area contributed by atoms with Crippen molar-refractivity contribution in [3.63, 3.8) is 0 Å². The Labute approximate surface area is 107 Å². The van der Waals surface area contributed by atoms with Crippen LogP contribution in [0.5, 0.6) is 5.75 Å². The number of nitrogens with two attached hydrogens (primary N) is 1. The number of anilines is 1. The molecule has 2 rings (SSSR count). The highest BCUT2D eigenvalue weighted by Crippen LogP contribution is 2.22. The van der Waals surface area contributed by atoms with Crippen molar-refractivity contribution in [2.75, 3.05) is 12.8 Å². The van der Waals surface area contributed by atoms with E-state index in [0.29, 0.717) is 0 Å². The van der Waals surface area contributed by atoms with E-state index < -0.39 is 0 Å². The Kier molecular flexibility index (Phi) is 3.87. The molecular formula is C14H18N2O2. The van der Waals surface area contributed by atoms with Gasteiger partial charge in [-0.1, -0.05) is 19.1 Å². The van der Waals surface area contributed by atoms with E-state index in [4.69, 9.17) is 14.9 Å². The molecule has 96 valence electrons. The van der Waals surface area contributed by atoms with Gasteiger partial charge in [-0.2, -0.15) is 4.98 Å². The standard InChI is InChI=1S/C14H18N2O2/c1-3-10-4-7-13(17-2)11(8-10)5-6-12-9-18-14(15)16-12/h4,7-9H,3,5-6H2,1-2H3,(H2,15,16). The van der Waals surface area contributed by atoms with Crippen LogP contribution in [0, 0.1) is 0 Å². The van der Waals surface area contributed by atoms with Gasteiger partial charge in [-0.3, -0.25) is 0 Å². The molecule has 0 aliphatic carbocycles. The molecule has 4 nitrogen and oxygen atoms in total. The SMILES string of the molecule is CCc1ccc(OC)c(CCc2coc(N)n2)c1. The second kappa shape index (κ2) is 5.58. The summed E-state index contributed by atoms with van der Waals surface area (Å²) in [6, 6.07) is 6.52. The molecule has 0 saturated heterocycles. The fourth-order valence-corrected chi connectivity index (χ4v) is 1.95. The second-order valence-corrected chi connectivity index (χ2v) is 4.18. The fraction of sp³-hybridized carbons (Fsp3) is 0.357. The van der Waals surface area contributed by atoms with Crippen LogP contribution in [0.1, 0.15) is 23.7 Å². The summed E-state index contributed by atoms with van der Waals surface area (Å²) in [5, 5.41) is 0. The molecule has 0 amide bonds. The number of benzene rings is 1. The van der Waals surface area contributed by atoms with Gasteiger partial charge >= 0.3 is 0 Å². The van der Waals surface area contributed by atoms with Gasteiger partial charge < -0.3 is 14.9 Å². The van der Waals surface area contributed by atoms with Crippen molar-refractivity contribution in [1.29, 1.82) is 0 Å². The molecule has 4 heteroatoms. The van der Waals surface area contributed by atoms with E-state index >= 15 is 0 Å². The van der Waals surface area contributed by atoms with Crippen molar-refractivity contribution in [1.82, 2.24) is 4.98 Å². The summed E-state index contributed by atoms with van der Waals surface area (Å²) in [4.78, 5) is 4.09. The van der Waals surface area contributed by atoms with Crippen molar-refractivity contribution >= 4 is 6.01 Å². The summed E-state index contributed by atoms with van der Waals surface area (Å²) in [5.74, 6) is 0.920. The summed E-state index contributed by atoms with van der Waals surface area (Å²) >= 11 is 0. The maximum Gasteiger partial charge on any atom is 0.292 e. The third-order valence-electron chi connectivity index (χ3n) is 2.97. The average Bonchev–Trinajstić information content (AvgIpc) is 2.81. The molecule has 0 saturated carbocycles. The highest BCUT2D eigenvalue weighted by molar-refractivity contribution is 5.37. The lowest BCUT2D eigenvalue weighted by Crippen LogP contribution is -1.97. The predicted octanol–water partition coefficient (Wildman–Crippen LogP) is 2.61. The maximum atomic E-state index is 5.45. The fourth-order valence-electron chi connectivity index (χ4n) is 1.95. The summed E-state index contributed by atoms with van der Waals surface area (Å²) in [6.45, 7) is 2.14. The largest absolute Gasteiger partial charge is 0.496 e. The van der Waals surface area contributed by atoms with Gasteiger partial charge in [0.25, 0.3) is 6.01 Å². The van der Waals surface area contributed by atoms with Crippen LogP contribution in [0.25, 0.3) is 0 Å². The number of rotatable bonds is 5. The molecule has 0 atom stereocenters. The summed E-state index contributed by atoms with van der Waals surface area (Å²) in [5.41, 5.74) is 8.82. The molecular weight excluding hydrogens is 228 g/mol. The van der Waals surface area contributed by atoms with Gasteiger partial charge in [0.1, 0.15) is 12.0 Å². The van der Waals surface area contributed by atoms with Gasteiger partial charge in [-0.25, -0.2) is 0 Å². The topological polar surface area (TPSA) is 61.3 Å². The smallest absolute Gasteiger partial charge is 0.292 e. The molecule has 0 spiro atoms. The maximum absolute atomic E-state index is 5.45. The number of ether oxygens (including phenoxy) is 1. The lowest BCUT2D eigenvalue weighted by molar-refractivity contribution is 0.409. The molecule has 0 unspecified atom stereocenters. The van der Waals surface area contributed by atoms with Crippen LogP contribution >= 0.6 is 0 Å². The third-order valence-corrected chi connectivity index (χ3v) is 2.97. The zero-order valence-corrected chi connectivity index (χ0v) is 10.8. The van der Waals surface area contributed by atoms with E-state index in [1.165, 1.54) is 11.1 Å². The van der Waals surface area contributed by atoms with Crippen LogP contribution in [0.2, 0.25) is 0 Å². The van der Waals surface area contributed by atoms with E-state index in [1.807, 2.05) is 6.07 Å². The monoisotopic (exact) mass is 246 g/mol. The lowest BCUT2D eigenvalue weighted by Gasteiger charge is -2.09. The zero-order valence-electron chi connectivity index (χ0n) is 10.8. The van der Waals surface area contributed by atoms with Crippen LogP contribution in [0.3, 0.4) is 0 Å². The Morgan fingerprint density at radius 3 is 2.78 bits per heavy atom. The molecule has 0 bridgehead atoms. The van der Waals surface area contributed by atoms with Crippen molar-refractivity contribution in [3.05, 3.63) is 41.3 Å². The molecule has 0 aliphatic heterocycles. The number of hydrogen-bond acceptors (Lipinski definition) is 4. The van der Waals surface area contributed by atoms with Crippen molar-refractivity contribution < 1.29 is 9.15 Å². The first-order valence-electron chi connectivity index (χ1n) is 6.08. The van der Waals surface area contributed by atoms with Crippen molar-refractivity contribution in [2.24, 2.45) is 0 Å². The first-order chi connectivity index (χ1) is 8.72. The van der Waals surface area contributed by atoms with E-state index in [2.05, 4.69) is 24.0 Å². The first-order valence-corrected chi connectivity index (χ1v) is 6.08. The normalized spacial score (nSPS) is 10.6. The van der Waals surface area contributed by atoms with Crippen LogP contribution < -0.4 is 10.5 Å². The van der Waals surface area contributed by atoms with Crippen molar-refractivity contribution in [3.8, 4) is 5.75 Å². The summed E-state index contributed by atoms with van der Waals surface area (Å²) in [6.07, 6.45) is 4.28. The quantitative estimate of drug-likeness (QED) is 0.881. The molecule has 0 aliphatic rings. The van der Waals surface area contributed by atoms with Crippen LogP contribution in [0.4, 0.5) is 6.01 Å². The molecule has 1 aromatic carbocycles. The predicted molar refractivity (Wildman–Crippen MR) is 70.7 cm³/mol. The molecule has 1 heterocycles. The molecule has 0 fully saturated rings. The minimum Gasteiger partial charge on any atom is -0.496 e. The Balaban J connectivity index is 2.11. The van der Waals surface area contributed by atoms with Crippen LogP contribution in [-0.2, 0) is 19.3 Å². The summed E-state index contributed by atoms with van der Waals surface area (Å²) < 4.78 is 10.4. The van der Waals surface area contributed by atoms with Crippen LogP contribution in [0.15, 0.2) is 28.9 Å². The van der Waals surface area contributed by atoms with E-state index in [-0.39, 0.29) is 6.01 Å².